The highest BCUT2D eigenvalue weighted by Crippen LogP contribution is 2.56. The van der Waals surface area contributed by atoms with Gasteiger partial charge in [0.1, 0.15) is 13.1 Å². The summed E-state index contributed by atoms with van der Waals surface area (Å²) in [5, 5.41) is 1.32. The summed E-state index contributed by atoms with van der Waals surface area (Å²) in [6, 6.07) is 33.3. The average molecular weight is 429 g/mol. The van der Waals surface area contributed by atoms with Gasteiger partial charge in [0.15, 0.2) is 18.6 Å². The summed E-state index contributed by atoms with van der Waals surface area (Å²) in [5.74, 6) is 0. The van der Waals surface area contributed by atoms with Gasteiger partial charge in [0.2, 0.25) is 5.52 Å². The number of fused-ring (bicyclic) bond motifs is 5. The van der Waals surface area contributed by atoms with Crippen LogP contribution in [0.2, 0.25) is 0 Å². The molecule has 160 valence electrons. The number of pyridine rings is 2. The number of rotatable bonds is 4. The van der Waals surface area contributed by atoms with Crippen LogP contribution < -0.4 is 9.13 Å². The first-order valence-corrected chi connectivity index (χ1v) is 11.9. The van der Waals surface area contributed by atoms with Crippen LogP contribution in [0.4, 0.5) is 0 Å². The Bertz CT molecular complexity index is 1430. The van der Waals surface area contributed by atoms with Crippen LogP contribution >= 0.6 is 0 Å². The molecule has 1 aliphatic carbocycles. The fourth-order valence-electron chi connectivity index (χ4n) is 5.77. The van der Waals surface area contributed by atoms with Crippen molar-refractivity contribution >= 4 is 10.9 Å². The number of benzene rings is 3. The standard InChI is InChI=1S/C31H28N2/c1-3-32-20-19-25-27(21-32)31(23-13-7-5-8-14-23,24-15-9-6-10-16-24)28-22-33(4-2)29-18-12-11-17-26(29)30(25)28/h5-22H,3-4H2,1-2H3/q+2. The van der Waals surface area contributed by atoms with E-state index in [-0.39, 0.29) is 5.41 Å². The molecule has 2 heteroatoms. The quantitative estimate of drug-likeness (QED) is 0.313. The van der Waals surface area contributed by atoms with Crippen molar-refractivity contribution in [2.24, 2.45) is 0 Å². The molecule has 0 fully saturated rings. The molecule has 2 aromatic heterocycles. The zero-order valence-corrected chi connectivity index (χ0v) is 19.2. The SMILES string of the molecule is CC[n+]1ccc2c(c1)C(c1ccccc1)(c1ccccc1)c1c[n+](CC)c3ccccc3c1-2. The topological polar surface area (TPSA) is 7.76 Å². The molecule has 1 aliphatic rings. The van der Waals surface area contributed by atoms with Gasteiger partial charge in [-0.05, 0) is 36.6 Å². The van der Waals surface area contributed by atoms with Crippen molar-refractivity contribution in [3.63, 3.8) is 0 Å². The predicted octanol–water partition coefficient (Wildman–Crippen LogP) is 5.82. The van der Waals surface area contributed by atoms with Gasteiger partial charge in [-0.25, -0.2) is 4.57 Å². The molecule has 0 aliphatic heterocycles. The van der Waals surface area contributed by atoms with Crippen molar-refractivity contribution < 1.29 is 9.13 Å². The Labute approximate surface area is 195 Å². The zero-order valence-electron chi connectivity index (χ0n) is 19.2. The highest BCUT2D eigenvalue weighted by molar-refractivity contribution is 6.00. The second kappa shape index (κ2) is 7.67. The lowest BCUT2D eigenvalue weighted by Gasteiger charge is -2.31. The van der Waals surface area contributed by atoms with Crippen molar-refractivity contribution in [3.05, 3.63) is 132 Å². The maximum absolute atomic E-state index is 2.41. The Morgan fingerprint density at radius 1 is 0.636 bits per heavy atom. The van der Waals surface area contributed by atoms with Gasteiger partial charge in [0.25, 0.3) is 0 Å². The van der Waals surface area contributed by atoms with Crippen molar-refractivity contribution in [2.75, 3.05) is 0 Å². The molecule has 0 amide bonds. The van der Waals surface area contributed by atoms with E-state index in [1.807, 2.05) is 0 Å². The summed E-state index contributed by atoms with van der Waals surface area (Å²) in [7, 11) is 0. The molecule has 33 heavy (non-hydrogen) atoms. The molecule has 0 saturated carbocycles. The van der Waals surface area contributed by atoms with Gasteiger partial charge in [-0.2, -0.15) is 4.57 Å². The molecule has 3 aromatic carbocycles. The number of para-hydroxylation sites is 1. The molecule has 0 atom stereocenters. The van der Waals surface area contributed by atoms with Crippen molar-refractivity contribution in [3.8, 4) is 11.1 Å². The van der Waals surface area contributed by atoms with Gasteiger partial charge in [-0.3, -0.25) is 0 Å². The molecule has 0 unspecified atom stereocenters. The summed E-state index contributed by atoms with van der Waals surface area (Å²) >= 11 is 0. The first kappa shape index (κ1) is 19.9. The predicted molar refractivity (Wildman–Crippen MR) is 133 cm³/mol. The van der Waals surface area contributed by atoms with E-state index in [2.05, 4.69) is 133 Å². The lowest BCUT2D eigenvalue weighted by Crippen LogP contribution is -2.39. The Balaban J connectivity index is 1.87. The molecule has 0 bridgehead atoms. The Morgan fingerprint density at radius 2 is 1.27 bits per heavy atom. The third-order valence-electron chi connectivity index (χ3n) is 7.25. The van der Waals surface area contributed by atoms with Gasteiger partial charge >= 0.3 is 0 Å². The normalized spacial score (nSPS) is 13.6. The van der Waals surface area contributed by atoms with Gasteiger partial charge in [-0.1, -0.05) is 72.8 Å². The lowest BCUT2D eigenvalue weighted by molar-refractivity contribution is -0.693. The summed E-state index contributed by atoms with van der Waals surface area (Å²) in [5.41, 5.74) is 8.96. The van der Waals surface area contributed by atoms with Gasteiger partial charge in [-0.15, -0.1) is 0 Å². The van der Waals surface area contributed by atoms with Crippen LogP contribution in [0.1, 0.15) is 36.1 Å². The molecule has 2 heterocycles. The third-order valence-corrected chi connectivity index (χ3v) is 7.25. The van der Waals surface area contributed by atoms with E-state index < -0.39 is 0 Å². The smallest absolute Gasteiger partial charge is 0.205 e. The number of nitrogens with zero attached hydrogens (tertiary/aromatic N) is 2. The number of aromatic nitrogens is 2. The van der Waals surface area contributed by atoms with Crippen molar-refractivity contribution in [1.82, 2.24) is 0 Å². The minimum absolute atomic E-state index is 0.369. The zero-order chi connectivity index (χ0) is 22.4. The van der Waals surface area contributed by atoms with E-state index in [4.69, 9.17) is 0 Å². The average Bonchev–Trinajstić information content (AvgIpc) is 3.19. The first-order valence-electron chi connectivity index (χ1n) is 11.9. The summed E-state index contributed by atoms with van der Waals surface area (Å²) in [4.78, 5) is 0. The molecule has 6 rings (SSSR count). The monoisotopic (exact) mass is 428 g/mol. The van der Waals surface area contributed by atoms with Gasteiger partial charge in [0, 0.05) is 28.8 Å². The molecule has 0 saturated heterocycles. The fraction of sp³-hybridized carbons (Fsp3) is 0.161. The van der Waals surface area contributed by atoms with Crippen molar-refractivity contribution in [1.29, 1.82) is 0 Å². The second-order valence-electron chi connectivity index (χ2n) is 8.81. The van der Waals surface area contributed by atoms with E-state index in [1.165, 1.54) is 44.3 Å². The van der Waals surface area contributed by atoms with E-state index in [0.29, 0.717) is 0 Å². The highest BCUT2D eigenvalue weighted by Gasteiger charge is 2.50. The molecular formula is C31H28N2+2. The number of hydrogen-bond donors (Lipinski definition) is 0. The molecule has 0 radical (unpaired) electrons. The van der Waals surface area contributed by atoms with Crippen LogP contribution in [0.5, 0.6) is 0 Å². The first-order chi connectivity index (χ1) is 16.3. The highest BCUT2D eigenvalue weighted by atomic mass is 15.0. The minimum atomic E-state index is -0.369. The van der Waals surface area contributed by atoms with E-state index in [0.717, 1.165) is 13.1 Å². The van der Waals surface area contributed by atoms with Crippen molar-refractivity contribution in [2.45, 2.75) is 32.4 Å². The largest absolute Gasteiger partial charge is 0.213 e. The Hall–Kier alpha value is -3.78. The fourth-order valence-corrected chi connectivity index (χ4v) is 5.77. The summed E-state index contributed by atoms with van der Waals surface area (Å²) in [6.45, 7) is 6.32. The molecule has 0 N–H and O–H groups in total. The molecule has 5 aromatic rings. The maximum Gasteiger partial charge on any atom is 0.213 e. The van der Waals surface area contributed by atoms with Crippen LogP contribution in [-0.2, 0) is 18.5 Å². The molecule has 2 nitrogen and oxygen atoms in total. The minimum Gasteiger partial charge on any atom is -0.205 e. The Morgan fingerprint density at radius 3 is 1.91 bits per heavy atom. The Kier molecular flexibility index (Phi) is 4.62. The molecular weight excluding hydrogens is 400 g/mol. The summed E-state index contributed by atoms with van der Waals surface area (Å²) in [6.07, 6.45) is 7.01. The van der Waals surface area contributed by atoms with Crippen LogP contribution in [0, 0.1) is 0 Å². The van der Waals surface area contributed by atoms with E-state index in [1.54, 1.807) is 0 Å². The van der Waals surface area contributed by atoms with Crippen LogP contribution in [0.25, 0.3) is 22.0 Å². The number of aryl methyl sites for hydroxylation is 2. The number of hydrogen-bond acceptors (Lipinski definition) is 0. The van der Waals surface area contributed by atoms with Gasteiger partial charge < -0.3 is 0 Å². The van der Waals surface area contributed by atoms with Gasteiger partial charge in [0.05, 0.1) is 10.8 Å². The van der Waals surface area contributed by atoms with Crippen LogP contribution in [0.15, 0.2) is 110 Å². The van der Waals surface area contributed by atoms with E-state index in [9.17, 15) is 0 Å². The maximum atomic E-state index is 2.41. The van der Waals surface area contributed by atoms with E-state index >= 15 is 0 Å². The third kappa shape index (κ3) is 2.74. The van der Waals surface area contributed by atoms with Crippen LogP contribution in [-0.4, -0.2) is 0 Å². The molecule has 0 spiro atoms. The lowest BCUT2D eigenvalue weighted by atomic mass is 9.68. The summed E-state index contributed by atoms with van der Waals surface area (Å²) < 4.78 is 4.72. The van der Waals surface area contributed by atoms with Crippen LogP contribution in [0.3, 0.4) is 0 Å². The second-order valence-corrected chi connectivity index (χ2v) is 8.81.